The average Bonchev–Trinajstić information content (AvgIpc) is 1.81. The second kappa shape index (κ2) is 5.22. The molecule has 0 heterocycles. The van der Waals surface area contributed by atoms with Crippen LogP contribution < -0.4 is 5.73 Å². The third kappa shape index (κ3) is 4.27. The lowest BCUT2D eigenvalue weighted by atomic mass is 9.79. The SMILES string of the molecule is CC(C)C(C(C)C)[C@H](N)CC(=O)O. The molecule has 0 aliphatic carbocycles. The summed E-state index contributed by atoms with van der Waals surface area (Å²) in [5.74, 6) is 0.360. The minimum absolute atomic E-state index is 0.0705. The Morgan fingerprint density at radius 3 is 1.85 bits per heavy atom. The Hall–Kier alpha value is -0.570. The molecule has 0 saturated heterocycles. The van der Waals surface area contributed by atoms with Gasteiger partial charge in [0, 0.05) is 6.04 Å². The largest absolute Gasteiger partial charge is 0.481 e. The van der Waals surface area contributed by atoms with Gasteiger partial charge in [-0.15, -0.1) is 0 Å². The smallest absolute Gasteiger partial charge is 0.304 e. The number of carbonyl (C=O) groups is 1. The minimum Gasteiger partial charge on any atom is -0.481 e. The zero-order chi connectivity index (χ0) is 10.6. The standard InChI is InChI=1S/C10H21NO2/c1-6(2)10(7(3)4)8(11)5-9(12)13/h6-8,10H,5,11H2,1-4H3,(H,12,13)/t8-/m1/s1. The molecule has 0 aromatic carbocycles. The highest BCUT2D eigenvalue weighted by Gasteiger charge is 2.25. The summed E-state index contributed by atoms with van der Waals surface area (Å²) in [7, 11) is 0. The van der Waals surface area contributed by atoms with E-state index in [4.69, 9.17) is 10.8 Å². The van der Waals surface area contributed by atoms with Crippen molar-refractivity contribution in [3.63, 3.8) is 0 Å². The Bertz CT molecular complexity index is 158. The highest BCUT2D eigenvalue weighted by Crippen LogP contribution is 2.24. The fraction of sp³-hybridized carbons (Fsp3) is 0.900. The second-order valence-electron chi connectivity index (χ2n) is 4.33. The number of carboxylic acids is 1. The summed E-state index contributed by atoms with van der Waals surface area (Å²) < 4.78 is 0. The zero-order valence-electron chi connectivity index (χ0n) is 8.95. The van der Waals surface area contributed by atoms with Gasteiger partial charge in [-0.25, -0.2) is 0 Å². The molecule has 0 fully saturated rings. The summed E-state index contributed by atoms with van der Waals surface area (Å²) in [6.45, 7) is 8.36. The fourth-order valence-corrected chi connectivity index (χ4v) is 2.10. The first-order chi connectivity index (χ1) is 5.86. The van der Waals surface area contributed by atoms with E-state index in [1.165, 1.54) is 0 Å². The number of carboxylic acid groups (broad SMARTS) is 1. The van der Waals surface area contributed by atoms with Gasteiger partial charge in [-0.3, -0.25) is 4.79 Å². The lowest BCUT2D eigenvalue weighted by Crippen LogP contribution is -2.38. The first-order valence-electron chi connectivity index (χ1n) is 4.83. The van der Waals surface area contributed by atoms with E-state index in [0.717, 1.165) is 0 Å². The van der Waals surface area contributed by atoms with Crippen molar-refractivity contribution in [3.8, 4) is 0 Å². The Morgan fingerprint density at radius 2 is 1.62 bits per heavy atom. The first-order valence-corrected chi connectivity index (χ1v) is 4.83. The second-order valence-corrected chi connectivity index (χ2v) is 4.33. The molecule has 0 radical (unpaired) electrons. The lowest BCUT2D eigenvalue weighted by Gasteiger charge is -2.29. The van der Waals surface area contributed by atoms with Crippen molar-refractivity contribution in [3.05, 3.63) is 0 Å². The Balaban J connectivity index is 4.28. The third-order valence-corrected chi connectivity index (χ3v) is 2.44. The van der Waals surface area contributed by atoms with Crippen LogP contribution in [0.5, 0.6) is 0 Å². The number of aliphatic carboxylic acids is 1. The zero-order valence-corrected chi connectivity index (χ0v) is 8.95. The van der Waals surface area contributed by atoms with E-state index in [2.05, 4.69) is 27.7 Å². The molecule has 13 heavy (non-hydrogen) atoms. The lowest BCUT2D eigenvalue weighted by molar-refractivity contribution is -0.137. The Kier molecular flexibility index (Phi) is 4.99. The van der Waals surface area contributed by atoms with Gasteiger partial charge in [0.1, 0.15) is 0 Å². The van der Waals surface area contributed by atoms with Crippen molar-refractivity contribution in [2.75, 3.05) is 0 Å². The van der Waals surface area contributed by atoms with Crippen LogP contribution >= 0.6 is 0 Å². The van der Waals surface area contributed by atoms with Crippen molar-refractivity contribution in [2.45, 2.75) is 40.2 Å². The van der Waals surface area contributed by atoms with Crippen LogP contribution in [0.1, 0.15) is 34.1 Å². The van der Waals surface area contributed by atoms with Gasteiger partial charge in [-0.2, -0.15) is 0 Å². The van der Waals surface area contributed by atoms with Gasteiger partial charge in [-0.05, 0) is 17.8 Å². The maximum Gasteiger partial charge on any atom is 0.304 e. The summed E-state index contributed by atoms with van der Waals surface area (Å²) in [6, 6.07) is -0.225. The number of hydrogen-bond acceptors (Lipinski definition) is 2. The van der Waals surface area contributed by atoms with Crippen LogP contribution in [0.15, 0.2) is 0 Å². The highest BCUT2D eigenvalue weighted by atomic mass is 16.4. The molecule has 0 aromatic rings. The molecule has 78 valence electrons. The van der Waals surface area contributed by atoms with Gasteiger partial charge < -0.3 is 10.8 Å². The first kappa shape index (κ1) is 12.4. The molecule has 3 N–H and O–H groups in total. The quantitative estimate of drug-likeness (QED) is 0.688. The predicted octanol–water partition coefficient (Wildman–Crippen LogP) is 1.72. The molecule has 3 nitrogen and oxygen atoms in total. The van der Waals surface area contributed by atoms with Crippen molar-refractivity contribution in [2.24, 2.45) is 23.5 Å². The monoisotopic (exact) mass is 187 g/mol. The summed E-state index contributed by atoms with van der Waals surface area (Å²) in [5, 5.41) is 8.62. The van der Waals surface area contributed by atoms with E-state index < -0.39 is 5.97 Å². The highest BCUT2D eigenvalue weighted by molar-refractivity contribution is 5.67. The Morgan fingerprint density at radius 1 is 1.23 bits per heavy atom. The molecule has 0 unspecified atom stereocenters. The van der Waals surface area contributed by atoms with Crippen LogP contribution in [0.25, 0.3) is 0 Å². The van der Waals surface area contributed by atoms with Crippen LogP contribution in [-0.4, -0.2) is 17.1 Å². The normalized spacial score (nSPS) is 14.2. The van der Waals surface area contributed by atoms with E-state index in [-0.39, 0.29) is 18.4 Å². The summed E-state index contributed by atoms with van der Waals surface area (Å²) in [5.41, 5.74) is 5.84. The van der Waals surface area contributed by atoms with Crippen LogP contribution in [0.2, 0.25) is 0 Å². The van der Waals surface area contributed by atoms with Gasteiger partial charge >= 0.3 is 5.97 Å². The van der Waals surface area contributed by atoms with E-state index in [9.17, 15) is 4.79 Å². The van der Waals surface area contributed by atoms with E-state index in [0.29, 0.717) is 11.8 Å². The van der Waals surface area contributed by atoms with Crippen molar-refractivity contribution in [1.29, 1.82) is 0 Å². The van der Waals surface area contributed by atoms with Gasteiger partial charge in [0.15, 0.2) is 0 Å². The predicted molar refractivity (Wildman–Crippen MR) is 53.4 cm³/mol. The average molecular weight is 187 g/mol. The number of hydrogen-bond donors (Lipinski definition) is 2. The number of nitrogens with two attached hydrogens (primary N) is 1. The minimum atomic E-state index is -0.807. The fourth-order valence-electron chi connectivity index (χ4n) is 2.10. The van der Waals surface area contributed by atoms with Crippen LogP contribution in [0, 0.1) is 17.8 Å². The van der Waals surface area contributed by atoms with Crippen LogP contribution in [0.3, 0.4) is 0 Å². The molecule has 1 atom stereocenters. The third-order valence-electron chi connectivity index (χ3n) is 2.44. The summed E-state index contributed by atoms with van der Waals surface area (Å²) in [6.07, 6.45) is 0.0705. The molecule has 0 aliphatic heterocycles. The van der Waals surface area contributed by atoms with Gasteiger partial charge in [0.25, 0.3) is 0 Å². The molecule has 0 bridgehead atoms. The van der Waals surface area contributed by atoms with E-state index >= 15 is 0 Å². The summed E-state index contributed by atoms with van der Waals surface area (Å²) >= 11 is 0. The van der Waals surface area contributed by atoms with E-state index in [1.807, 2.05) is 0 Å². The van der Waals surface area contributed by atoms with Gasteiger partial charge in [0.05, 0.1) is 6.42 Å². The molecule has 0 rings (SSSR count). The van der Waals surface area contributed by atoms with Gasteiger partial charge in [-0.1, -0.05) is 27.7 Å². The molecular formula is C10H21NO2. The van der Waals surface area contributed by atoms with Gasteiger partial charge in [0.2, 0.25) is 0 Å². The maximum absolute atomic E-state index is 10.5. The molecule has 0 spiro atoms. The maximum atomic E-state index is 10.5. The number of rotatable bonds is 5. The molecule has 3 heteroatoms. The Labute approximate surface area is 80.3 Å². The topological polar surface area (TPSA) is 63.3 Å². The van der Waals surface area contributed by atoms with Crippen molar-refractivity contribution < 1.29 is 9.90 Å². The van der Waals surface area contributed by atoms with Crippen molar-refractivity contribution >= 4 is 5.97 Å². The molecule has 0 saturated carbocycles. The van der Waals surface area contributed by atoms with Crippen molar-refractivity contribution in [1.82, 2.24) is 0 Å². The van der Waals surface area contributed by atoms with Crippen LogP contribution in [0.4, 0.5) is 0 Å². The molecular weight excluding hydrogens is 166 g/mol. The molecule has 0 amide bonds. The van der Waals surface area contributed by atoms with E-state index in [1.54, 1.807) is 0 Å². The summed E-state index contributed by atoms with van der Waals surface area (Å²) in [4.78, 5) is 10.5. The van der Waals surface area contributed by atoms with Crippen LogP contribution in [-0.2, 0) is 4.79 Å². The molecule has 0 aromatic heterocycles. The molecule has 0 aliphatic rings.